The maximum absolute atomic E-state index is 11.9. The highest BCUT2D eigenvalue weighted by Crippen LogP contribution is 2.29. The van der Waals surface area contributed by atoms with Gasteiger partial charge in [0.1, 0.15) is 0 Å². The minimum atomic E-state index is 0.0665. The second-order valence-electron chi connectivity index (χ2n) is 5.96. The molecule has 0 atom stereocenters. The van der Waals surface area contributed by atoms with E-state index in [2.05, 4.69) is 29.1 Å². The molecule has 5 heteroatoms. The van der Waals surface area contributed by atoms with Gasteiger partial charge in [-0.15, -0.1) is 0 Å². The largest absolute Gasteiger partial charge is 0.368 e. The molecule has 2 rings (SSSR count). The molecule has 1 aromatic carbocycles. The van der Waals surface area contributed by atoms with Crippen LogP contribution in [0.3, 0.4) is 0 Å². The van der Waals surface area contributed by atoms with Gasteiger partial charge in [0.05, 0.1) is 10.7 Å². The third kappa shape index (κ3) is 4.89. The summed E-state index contributed by atoms with van der Waals surface area (Å²) < 4.78 is 0. The Hall–Kier alpha value is -1.26. The fourth-order valence-electron chi connectivity index (χ4n) is 2.65. The van der Waals surface area contributed by atoms with Crippen LogP contribution in [0.15, 0.2) is 18.2 Å². The van der Waals surface area contributed by atoms with Crippen LogP contribution in [0.4, 0.5) is 11.4 Å². The Morgan fingerprint density at radius 2 is 1.95 bits per heavy atom. The molecule has 1 amide bonds. The van der Waals surface area contributed by atoms with Crippen molar-refractivity contribution in [3.63, 3.8) is 0 Å². The highest BCUT2D eigenvalue weighted by molar-refractivity contribution is 6.33. The first-order valence-corrected chi connectivity index (χ1v) is 8.51. The molecule has 1 aliphatic rings. The minimum absolute atomic E-state index is 0.0665. The number of unbranched alkanes of at least 4 members (excludes halogenated alkanes) is 2. The summed E-state index contributed by atoms with van der Waals surface area (Å²) in [5.41, 5.74) is 1.84. The van der Waals surface area contributed by atoms with E-state index in [0.717, 1.165) is 56.8 Å². The zero-order chi connectivity index (χ0) is 15.9. The fourth-order valence-corrected chi connectivity index (χ4v) is 2.95. The number of piperazine rings is 1. The summed E-state index contributed by atoms with van der Waals surface area (Å²) in [6.07, 6.45) is 3.73. The molecule has 1 fully saturated rings. The van der Waals surface area contributed by atoms with E-state index in [1.807, 2.05) is 18.2 Å². The van der Waals surface area contributed by atoms with E-state index in [-0.39, 0.29) is 5.91 Å². The van der Waals surface area contributed by atoms with Crippen molar-refractivity contribution in [1.82, 2.24) is 4.90 Å². The zero-order valence-electron chi connectivity index (χ0n) is 13.6. The molecule has 0 saturated carbocycles. The van der Waals surface area contributed by atoms with Crippen LogP contribution in [0, 0.1) is 0 Å². The van der Waals surface area contributed by atoms with E-state index in [1.54, 1.807) is 0 Å². The van der Waals surface area contributed by atoms with Gasteiger partial charge in [0, 0.05) is 38.3 Å². The van der Waals surface area contributed by atoms with Crippen molar-refractivity contribution in [2.75, 3.05) is 43.4 Å². The van der Waals surface area contributed by atoms with Gasteiger partial charge >= 0.3 is 0 Å². The Labute approximate surface area is 138 Å². The molecule has 1 heterocycles. The minimum Gasteiger partial charge on any atom is -0.368 e. The van der Waals surface area contributed by atoms with Gasteiger partial charge < -0.3 is 15.1 Å². The summed E-state index contributed by atoms with van der Waals surface area (Å²) in [6, 6.07) is 5.81. The second kappa shape index (κ2) is 8.39. The summed E-state index contributed by atoms with van der Waals surface area (Å²) in [5.74, 6) is 0.0665. The Kier molecular flexibility index (Phi) is 6.52. The van der Waals surface area contributed by atoms with Crippen LogP contribution >= 0.6 is 11.6 Å². The molecule has 0 aliphatic carbocycles. The lowest BCUT2D eigenvalue weighted by Crippen LogP contribution is -2.44. The van der Waals surface area contributed by atoms with Crippen LogP contribution in [0.25, 0.3) is 0 Å². The summed E-state index contributed by atoms with van der Waals surface area (Å²) in [5, 5.41) is 3.63. The molecule has 0 spiro atoms. The van der Waals surface area contributed by atoms with Gasteiger partial charge in [0.15, 0.2) is 0 Å². The van der Waals surface area contributed by atoms with Crippen LogP contribution < -0.4 is 10.2 Å². The molecule has 22 heavy (non-hydrogen) atoms. The van der Waals surface area contributed by atoms with Crippen molar-refractivity contribution in [3.05, 3.63) is 23.2 Å². The van der Waals surface area contributed by atoms with Gasteiger partial charge in [0.25, 0.3) is 0 Å². The lowest BCUT2D eigenvalue weighted by Gasteiger charge is -2.34. The Bertz CT molecular complexity index is 499. The third-order valence-corrected chi connectivity index (χ3v) is 4.39. The Morgan fingerprint density at radius 1 is 1.23 bits per heavy atom. The SMILES string of the molecule is CCCCCC(=O)Nc1ccc(N2CCN(C)CC2)c(Cl)c1. The molecule has 1 N–H and O–H groups in total. The average Bonchev–Trinajstić information content (AvgIpc) is 2.49. The van der Waals surface area contributed by atoms with Crippen LogP contribution in [0.2, 0.25) is 5.02 Å². The number of halogens is 1. The monoisotopic (exact) mass is 323 g/mol. The number of carbonyl (C=O) groups excluding carboxylic acids is 1. The first kappa shape index (κ1) is 17.1. The van der Waals surface area contributed by atoms with Gasteiger partial charge in [-0.1, -0.05) is 31.4 Å². The zero-order valence-corrected chi connectivity index (χ0v) is 14.3. The Balaban J connectivity index is 1.93. The summed E-state index contributed by atoms with van der Waals surface area (Å²) >= 11 is 6.40. The molecular formula is C17H26ClN3O. The molecule has 1 aliphatic heterocycles. The average molecular weight is 324 g/mol. The van der Waals surface area contributed by atoms with E-state index < -0.39 is 0 Å². The topological polar surface area (TPSA) is 35.6 Å². The fraction of sp³-hybridized carbons (Fsp3) is 0.588. The van der Waals surface area contributed by atoms with E-state index in [1.165, 1.54) is 0 Å². The predicted molar refractivity (Wildman–Crippen MR) is 93.9 cm³/mol. The standard InChI is InChI=1S/C17H26ClN3O/c1-3-4-5-6-17(22)19-14-7-8-16(15(18)13-14)21-11-9-20(2)10-12-21/h7-8,13H,3-6,9-12H2,1-2H3,(H,19,22). The van der Waals surface area contributed by atoms with Gasteiger partial charge in [-0.25, -0.2) is 0 Å². The van der Waals surface area contributed by atoms with Crippen LogP contribution in [-0.2, 0) is 4.79 Å². The summed E-state index contributed by atoms with van der Waals surface area (Å²) in [6.45, 7) is 6.20. The number of rotatable bonds is 6. The molecule has 1 aromatic rings. The van der Waals surface area contributed by atoms with Crippen molar-refractivity contribution in [2.45, 2.75) is 32.6 Å². The molecule has 0 aromatic heterocycles. The molecule has 0 bridgehead atoms. The summed E-state index contributed by atoms with van der Waals surface area (Å²) in [7, 11) is 2.14. The molecule has 4 nitrogen and oxygen atoms in total. The van der Waals surface area contributed by atoms with E-state index in [0.29, 0.717) is 11.4 Å². The van der Waals surface area contributed by atoms with Gasteiger partial charge in [-0.05, 0) is 31.7 Å². The Morgan fingerprint density at radius 3 is 2.59 bits per heavy atom. The second-order valence-corrected chi connectivity index (χ2v) is 6.37. The van der Waals surface area contributed by atoms with E-state index in [4.69, 9.17) is 11.6 Å². The molecule has 0 unspecified atom stereocenters. The molecule has 122 valence electrons. The van der Waals surface area contributed by atoms with Crippen molar-refractivity contribution in [3.8, 4) is 0 Å². The number of hydrogen-bond acceptors (Lipinski definition) is 3. The van der Waals surface area contributed by atoms with Crippen molar-refractivity contribution in [1.29, 1.82) is 0 Å². The van der Waals surface area contributed by atoms with Crippen molar-refractivity contribution in [2.24, 2.45) is 0 Å². The quantitative estimate of drug-likeness (QED) is 0.812. The van der Waals surface area contributed by atoms with Crippen LogP contribution in [0.1, 0.15) is 32.6 Å². The number of nitrogens with zero attached hydrogens (tertiary/aromatic N) is 2. The number of nitrogens with one attached hydrogen (secondary N) is 1. The first-order chi connectivity index (χ1) is 10.6. The van der Waals surface area contributed by atoms with Crippen LogP contribution in [-0.4, -0.2) is 44.0 Å². The molecular weight excluding hydrogens is 298 g/mol. The highest BCUT2D eigenvalue weighted by Gasteiger charge is 2.16. The maximum atomic E-state index is 11.9. The third-order valence-electron chi connectivity index (χ3n) is 4.08. The van der Waals surface area contributed by atoms with Gasteiger partial charge in [-0.3, -0.25) is 4.79 Å². The number of hydrogen-bond donors (Lipinski definition) is 1. The lowest BCUT2D eigenvalue weighted by molar-refractivity contribution is -0.116. The number of likely N-dealkylation sites (N-methyl/N-ethyl adjacent to an activating group) is 1. The first-order valence-electron chi connectivity index (χ1n) is 8.13. The predicted octanol–water partition coefficient (Wildman–Crippen LogP) is 3.61. The highest BCUT2D eigenvalue weighted by atomic mass is 35.5. The molecule has 0 radical (unpaired) electrons. The number of carbonyl (C=O) groups is 1. The molecule has 1 saturated heterocycles. The lowest BCUT2D eigenvalue weighted by atomic mass is 10.2. The number of amides is 1. The smallest absolute Gasteiger partial charge is 0.224 e. The van der Waals surface area contributed by atoms with Gasteiger partial charge in [-0.2, -0.15) is 0 Å². The number of anilines is 2. The normalized spacial score (nSPS) is 15.9. The van der Waals surface area contributed by atoms with Gasteiger partial charge in [0.2, 0.25) is 5.91 Å². The van der Waals surface area contributed by atoms with E-state index in [9.17, 15) is 4.79 Å². The maximum Gasteiger partial charge on any atom is 0.224 e. The summed E-state index contributed by atoms with van der Waals surface area (Å²) in [4.78, 5) is 16.5. The number of benzene rings is 1. The van der Waals surface area contributed by atoms with E-state index >= 15 is 0 Å². The van der Waals surface area contributed by atoms with Crippen LogP contribution in [0.5, 0.6) is 0 Å². The van der Waals surface area contributed by atoms with Crippen molar-refractivity contribution < 1.29 is 4.79 Å². The van der Waals surface area contributed by atoms with Crippen molar-refractivity contribution >= 4 is 28.9 Å².